The second-order valence-corrected chi connectivity index (χ2v) is 8.81. The van der Waals surface area contributed by atoms with Gasteiger partial charge in [0.05, 0.1) is 7.11 Å². The summed E-state index contributed by atoms with van der Waals surface area (Å²) in [4.78, 5) is 28.8. The first-order valence-electron chi connectivity index (χ1n) is 11.8. The van der Waals surface area contributed by atoms with E-state index in [-0.39, 0.29) is 11.8 Å². The van der Waals surface area contributed by atoms with Crippen molar-refractivity contribution in [1.82, 2.24) is 10.2 Å². The fourth-order valence-corrected chi connectivity index (χ4v) is 3.80. The minimum atomic E-state index is -0.717. The summed E-state index contributed by atoms with van der Waals surface area (Å²) >= 11 is 0. The molecule has 0 aliphatic heterocycles. The van der Waals surface area contributed by atoms with Crippen LogP contribution in [0.5, 0.6) is 5.75 Å². The van der Waals surface area contributed by atoms with E-state index in [1.807, 2.05) is 84.9 Å². The summed E-state index contributed by atoms with van der Waals surface area (Å²) < 4.78 is 5.27. The molecule has 3 rings (SSSR count). The van der Waals surface area contributed by atoms with E-state index in [2.05, 4.69) is 19.2 Å². The molecule has 178 valence electrons. The molecule has 3 aromatic rings. The van der Waals surface area contributed by atoms with Crippen LogP contribution in [0.2, 0.25) is 0 Å². The Balaban J connectivity index is 1.92. The molecule has 0 saturated carbocycles. The lowest BCUT2D eigenvalue weighted by Crippen LogP contribution is -2.44. The third kappa shape index (κ3) is 7.20. The number of aryl methyl sites for hydroxylation is 1. The number of amides is 2. The molecule has 0 aliphatic carbocycles. The van der Waals surface area contributed by atoms with Gasteiger partial charge in [-0.3, -0.25) is 9.59 Å². The largest absolute Gasteiger partial charge is 0.497 e. The quantitative estimate of drug-likeness (QED) is 0.431. The van der Waals surface area contributed by atoms with Gasteiger partial charge in [-0.15, -0.1) is 0 Å². The van der Waals surface area contributed by atoms with Gasteiger partial charge in [0.15, 0.2) is 0 Å². The van der Waals surface area contributed by atoms with Crippen LogP contribution in [-0.4, -0.2) is 30.4 Å². The topological polar surface area (TPSA) is 58.6 Å². The van der Waals surface area contributed by atoms with Gasteiger partial charge in [-0.2, -0.15) is 0 Å². The highest BCUT2D eigenvalue weighted by atomic mass is 16.5. The van der Waals surface area contributed by atoms with Crippen molar-refractivity contribution in [3.8, 4) is 5.75 Å². The lowest BCUT2D eigenvalue weighted by Gasteiger charge is -2.32. The fraction of sp³-hybridized carbons (Fsp3) is 0.310. The maximum atomic E-state index is 13.6. The minimum absolute atomic E-state index is 0.0618. The lowest BCUT2D eigenvalue weighted by atomic mass is 10.0. The Morgan fingerprint density at radius 3 is 2.06 bits per heavy atom. The van der Waals surface area contributed by atoms with Crippen molar-refractivity contribution in [2.24, 2.45) is 5.92 Å². The van der Waals surface area contributed by atoms with Crippen molar-refractivity contribution in [3.05, 3.63) is 102 Å². The van der Waals surface area contributed by atoms with Crippen LogP contribution in [0.4, 0.5) is 0 Å². The number of rotatable bonds is 11. The van der Waals surface area contributed by atoms with E-state index in [1.165, 1.54) is 0 Å². The van der Waals surface area contributed by atoms with Gasteiger partial charge in [0.25, 0.3) is 0 Å². The number of benzene rings is 3. The zero-order chi connectivity index (χ0) is 24.3. The first kappa shape index (κ1) is 25.0. The molecule has 2 amide bonds. The molecule has 0 fully saturated rings. The monoisotopic (exact) mass is 458 g/mol. The highest BCUT2D eigenvalue weighted by Crippen LogP contribution is 2.26. The van der Waals surface area contributed by atoms with Crippen LogP contribution >= 0.6 is 0 Å². The molecule has 0 bridgehead atoms. The number of methoxy groups -OCH3 is 1. The van der Waals surface area contributed by atoms with E-state index in [1.54, 1.807) is 12.0 Å². The Hall–Kier alpha value is -3.60. The van der Waals surface area contributed by atoms with Gasteiger partial charge in [-0.1, -0.05) is 86.6 Å². The standard InChI is InChI=1S/C29H34N2O3/c1-22(2)20-30-29(33)28(25-12-8-5-9-13-25)31(21-24-14-17-26(34-3)18-15-24)27(32)19-16-23-10-6-4-7-11-23/h4-15,17-18,22,28H,16,19-21H2,1-3H3,(H,30,33)/t28-/m0/s1. The third-order valence-electron chi connectivity index (χ3n) is 5.66. The number of ether oxygens (including phenoxy) is 1. The van der Waals surface area contributed by atoms with E-state index in [0.717, 1.165) is 22.4 Å². The molecule has 1 N–H and O–H groups in total. The van der Waals surface area contributed by atoms with Gasteiger partial charge in [0.1, 0.15) is 11.8 Å². The number of carbonyl (C=O) groups is 2. The summed E-state index contributed by atoms with van der Waals surface area (Å²) in [5.41, 5.74) is 2.83. The molecule has 5 heteroatoms. The molecule has 0 saturated heterocycles. The lowest BCUT2D eigenvalue weighted by molar-refractivity contribution is -0.141. The van der Waals surface area contributed by atoms with Gasteiger partial charge in [-0.25, -0.2) is 0 Å². The molecule has 0 spiro atoms. The maximum absolute atomic E-state index is 13.6. The maximum Gasteiger partial charge on any atom is 0.247 e. The number of hydrogen-bond donors (Lipinski definition) is 1. The Labute approximate surface area is 202 Å². The smallest absolute Gasteiger partial charge is 0.247 e. The summed E-state index contributed by atoms with van der Waals surface area (Å²) in [5.74, 6) is 0.832. The van der Waals surface area contributed by atoms with Gasteiger partial charge in [-0.05, 0) is 41.2 Å². The second kappa shape index (κ2) is 12.6. The highest BCUT2D eigenvalue weighted by Gasteiger charge is 2.31. The predicted octanol–water partition coefficient (Wildman–Crippen LogP) is 5.17. The van der Waals surface area contributed by atoms with Crippen LogP contribution in [0.3, 0.4) is 0 Å². The minimum Gasteiger partial charge on any atom is -0.497 e. The summed E-state index contributed by atoms with van der Waals surface area (Å²) in [6, 6.07) is 26.4. The van der Waals surface area contributed by atoms with Crippen molar-refractivity contribution < 1.29 is 14.3 Å². The van der Waals surface area contributed by atoms with E-state index < -0.39 is 6.04 Å². The van der Waals surface area contributed by atoms with Crippen molar-refractivity contribution >= 4 is 11.8 Å². The first-order chi connectivity index (χ1) is 16.5. The Kier molecular flexibility index (Phi) is 9.27. The molecule has 0 heterocycles. The van der Waals surface area contributed by atoms with Gasteiger partial charge in [0, 0.05) is 19.5 Å². The normalized spacial score (nSPS) is 11.6. The van der Waals surface area contributed by atoms with E-state index in [4.69, 9.17) is 4.74 Å². The molecule has 0 unspecified atom stereocenters. The Morgan fingerprint density at radius 1 is 0.853 bits per heavy atom. The summed E-state index contributed by atoms with van der Waals surface area (Å²) in [7, 11) is 1.62. The molecule has 0 aromatic heterocycles. The molecule has 0 aliphatic rings. The molecular formula is C29H34N2O3. The van der Waals surface area contributed by atoms with Gasteiger partial charge in [0.2, 0.25) is 11.8 Å². The summed E-state index contributed by atoms with van der Waals surface area (Å²) in [6.07, 6.45) is 0.939. The molecule has 1 atom stereocenters. The van der Waals surface area contributed by atoms with Crippen LogP contribution in [-0.2, 0) is 22.6 Å². The van der Waals surface area contributed by atoms with Crippen molar-refractivity contribution in [2.75, 3.05) is 13.7 Å². The van der Waals surface area contributed by atoms with Crippen molar-refractivity contribution in [2.45, 2.75) is 39.3 Å². The average molecular weight is 459 g/mol. The zero-order valence-corrected chi connectivity index (χ0v) is 20.2. The Morgan fingerprint density at radius 2 is 1.47 bits per heavy atom. The number of carbonyl (C=O) groups excluding carboxylic acids is 2. The molecule has 3 aromatic carbocycles. The van der Waals surface area contributed by atoms with Crippen LogP contribution in [0, 0.1) is 5.92 Å². The fourth-order valence-electron chi connectivity index (χ4n) is 3.80. The summed E-state index contributed by atoms with van der Waals surface area (Å²) in [6.45, 7) is 4.99. The molecule has 5 nitrogen and oxygen atoms in total. The Bertz CT molecular complexity index is 1030. The summed E-state index contributed by atoms with van der Waals surface area (Å²) in [5, 5.41) is 3.04. The molecular weight excluding hydrogens is 424 g/mol. The van der Waals surface area contributed by atoms with E-state index in [9.17, 15) is 9.59 Å². The van der Waals surface area contributed by atoms with Gasteiger partial charge < -0.3 is 15.0 Å². The number of nitrogens with one attached hydrogen (secondary N) is 1. The predicted molar refractivity (Wildman–Crippen MR) is 135 cm³/mol. The zero-order valence-electron chi connectivity index (χ0n) is 20.2. The van der Waals surface area contributed by atoms with Crippen molar-refractivity contribution in [3.63, 3.8) is 0 Å². The third-order valence-corrected chi connectivity index (χ3v) is 5.66. The number of hydrogen-bond acceptors (Lipinski definition) is 3. The second-order valence-electron chi connectivity index (χ2n) is 8.81. The van der Waals surface area contributed by atoms with Crippen molar-refractivity contribution in [1.29, 1.82) is 0 Å². The highest BCUT2D eigenvalue weighted by molar-refractivity contribution is 5.88. The van der Waals surface area contributed by atoms with E-state index in [0.29, 0.717) is 31.8 Å². The SMILES string of the molecule is COc1ccc(CN(C(=O)CCc2ccccc2)[C@H](C(=O)NCC(C)C)c2ccccc2)cc1. The van der Waals surface area contributed by atoms with Gasteiger partial charge >= 0.3 is 0 Å². The van der Waals surface area contributed by atoms with Crippen LogP contribution in [0.1, 0.15) is 43.0 Å². The van der Waals surface area contributed by atoms with Crippen LogP contribution < -0.4 is 10.1 Å². The average Bonchev–Trinajstić information content (AvgIpc) is 2.87. The van der Waals surface area contributed by atoms with Crippen LogP contribution in [0.25, 0.3) is 0 Å². The van der Waals surface area contributed by atoms with E-state index >= 15 is 0 Å². The molecule has 0 radical (unpaired) electrons. The van der Waals surface area contributed by atoms with Crippen LogP contribution in [0.15, 0.2) is 84.9 Å². The molecule has 34 heavy (non-hydrogen) atoms. The first-order valence-corrected chi connectivity index (χ1v) is 11.8. The number of nitrogens with zero attached hydrogens (tertiary/aromatic N) is 1.